The molecule has 2 N–H and O–H groups in total. The fourth-order valence-electron chi connectivity index (χ4n) is 1.57. The van der Waals surface area contributed by atoms with Gasteiger partial charge in [-0.3, -0.25) is 4.79 Å². The summed E-state index contributed by atoms with van der Waals surface area (Å²) in [6, 6.07) is 0. The number of aliphatic carboxylic acids is 1. The van der Waals surface area contributed by atoms with Gasteiger partial charge in [-0.1, -0.05) is 30.9 Å². The molecule has 0 amide bonds. The van der Waals surface area contributed by atoms with E-state index in [1.54, 1.807) is 6.08 Å². The summed E-state index contributed by atoms with van der Waals surface area (Å²) in [7, 11) is 0. The van der Waals surface area contributed by atoms with Crippen molar-refractivity contribution in [3.05, 3.63) is 48.2 Å². The zero-order chi connectivity index (χ0) is 11.8. The minimum Gasteiger partial charge on any atom is -0.481 e. The Bertz CT molecular complexity index is 351. The normalized spacial score (nSPS) is 17.5. The summed E-state index contributed by atoms with van der Waals surface area (Å²) in [5.74, 6) is -0.733. The van der Waals surface area contributed by atoms with Crippen LogP contribution in [0.25, 0.3) is 0 Å². The van der Waals surface area contributed by atoms with Crippen LogP contribution >= 0.6 is 0 Å². The molecule has 0 aliphatic carbocycles. The number of hydrogen-bond donors (Lipinski definition) is 2. The van der Waals surface area contributed by atoms with Gasteiger partial charge in [0, 0.05) is 19.2 Å². The number of nitrogens with one attached hydrogen (secondary N) is 1. The molecule has 1 aliphatic heterocycles. The highest BCUT2D eigenvalue weighted by Crippen LogP contribution is 2.20. The molecule has 0 fully saturated rings. The van der Waals surface area contributed by atoms with Gasteiger partial charge in [-0.15, -0.1) is 0 Å². The summed E-state index contributed by atoms with van der Waals surface area (Å²) in [6.07, 6.45) is 11.3. The van der Waals surface area contributed by atoms with Crippen molar-refractivity contribution < 1.29 is 9.90 Å². The van der Waals surface area contributed by atoms with E-state index in [1.807, 2.05) is 24.4 Å². The molecule has 16 heavy (non-hydrogen) atoms. The molecule has 0 saturated heterocycles. The Hall–Kier alpha value is -1.77. The second kappa shape index (κ2) is 6.67. The van der Waals surface area contributed by atoms with Gasteiger partial charge in [0.1, 0.15) is 0 Å². The molecule has 0 bridgehead atoms. The van der Waals surface area contributed by atoms with Crippen molar-refractivity contribution in [1.82, 2.24) is 5.32 Å². The number of allylic oxidation sites excluding steroid dienone is 4. The third kappa shape index (κ3) is 4.17. The molecular weight excluding hydrogens is 202 g/mol. The van der Waals surface area contributed by atoms with Crippen LogP contribution in [0.1, 0.15) is 19.3 Å². The number of carboxylic acid groups (broad SMARTS) is 1. The smallest absolute Gasteiger partial charge is 0.303 e. The second-order valence-electron chi connectivity index (χ2n) is 3.61. The third-order valence-corrected chi connectivity index (χ3v) is 2.36. The average molecular weight is 219 g/mol. The Morgan fingerprint density at radius 2 is 2.38 bits per heavy atom. The summed E-state index contributed by atoms with van der Waals surface area (Å²) < 4.78 is 0. The molecule has 3 nitrogen and oxygen atoms in total. The maximum absolute atomic E-state index is 10.4. The van der Waals surface area contributed by atoms with Crippen molar-refractivity contribution in [1.29, 1.82) is 0 Å². The van der Waals surface area contributed by atoms with Crippen molar-refractivity contribution in [2.75, 3.05) is 6.54 Å². The molecule has 0 saturated carbocycles. The average Bonchev–Trinajstić information content (AvgIpc) is 2.66. The highest BCUT2D eigenvalue weighted by Gasteiger charge is 2.10. The SMILES string of the molecule is C=C/C=C\C=C1/CNC=C1CCCC(=O)O. The van der Waals surface area contributed by atoms with Crippen molar-refractivity contribution >= 4 is 5.97 Å². The summed E-state index contributed by atoms with van der Waals surface area (Å²) in [5.41, 5.74) is 2.43. The number of rotatable bonds is 6. The van der Waals surface area contributed by atoms with E-state index in [0.717, 1.165) is 13.0 Å². The molecule has 0 aromatic rings. The van der Waals surface area contributed by atoms with Crippen molar-refractivity contribution in [2.24, 2.45) is 0 Å². The number of carboxylic acids is 1. The first-order valence-electron chi connectivity index (χ1n) is 5.37. The van der Waals surface area contributed by atoms with Crippen LogP contribution in [-0.4, -0.2) is 17.6 Å². The van der Waals surface area contributed by atoms with Crippen LogP contribution in [0.4, 0.5) is 0 Å². The first-order chi connectivity index (χ1) is 7.74. The summed E-state index contributed by atoms with van der Waals surface area (Å²) in [6.45, 7) is 4.42. The molecule has 0 unspecified atom stereocenters. The first kappa shape index (κ1) is 12.3. The maximum Gasteiger partial charge on any atom is 0.303 e. The third-order valence-electron chi connectivity index (χ3n) is 2.36. The van der Waals surface area contributed by atoms with Crippen LogP contribution < -0.4 is 5.32 Å². The highest BCUT2D eigenvalue weighted by atomic mass is 16.4. The summed E-state index contributed by atoms with van der Waals surface area (Å²) >= 11 is 0. The molecule has 1 aliphatic rings. The van der Waals surface area contributed by atoms with E-state index in [4.69, 9.17) is 5.11 Å². The van der Waals surface area contributed by atoms with Crippen LogP contribution in [0, 0.1) is 0 Å². The summed E-state index contributed by atoms with van der Waals surface area (Å²) in [5, 5.41) is 11.7. The summed E-state index contributed by atoms with van der Waals surface area (Å²) in [4.78, 5) is 10.4. The van der Waals surface area contributed by atoms with Gasteiger partial charge in [0.25, 0.3) is 0 Å². The molecule has 0 radical (unpaired) electrons. The maximum atomic E-state index is 10.4. The molecule has 0 aromatic carbocycles. The molecule has 0 aromatic heterocycles. The van der Waals surface area contributed by atoms with E-state index < -0.39 is 5.97 Å². The lowest BCUT2D eigenvalue weighted by Gasteiger charge is -2.02. The van der Waals surface area contributed by atoms with Gasteiger partial charge in [0.05, 0.1) is 0 Å². The molecule has 86 valence electrons. The Balaban J connectivity index is 2.45. The van der Waals surface area contributed by atoms with Gasteiger partial charge in [-0.2, -0.15) is 0 Å². The second-order valence-corrected chi connectivity index (χ2v) is 3.61. The minimum atomic E-state index is -0.733. The van der Waals surface area contributed by atoms with Gasteiger partial charge in [0.15, 0.2) is 0 Å². The quantitative estimate of drug-likeness (QED) is 0.674. The lowest BCUT2D eigenvalue weighted by Crippen LogP contribution is -2.00. The predicted molar refractivity (Wildman–Crippen MR) is 65.0 cm³/mol. The molecule has 0 atom stereocenters. The lowest BCUT2D eigenvalue weighted by atomic mass is 10.0. The van der Waals surface area contributed by atoms with Crippen molar-refractivity contribution in [3.8, 4) is 0 Å². The Labute approximate surface area is 95.9 Å². The monoisotopic (exact) mass is 219 g/mol. The van der Waals surface area contributed by atoms with E-state index in [0.29, 0.717) is 6.42 Å². The van der Waals surface area contributed by atoms with Crippen LogP contribution in [0.15, 0.2) is 48.2 Å². The van der Waals surface area contributed by atoms with Crippen molar-refractivity contribution in [2.45, 2.75) is 19.3 Å². The van der Waals surface area contributed by atoms with Crippen LogP contribution in [0.2, 0.25) is 0 Å². The number of carbonyl (C=O) groups is 1. The van der Waals surface area contributed by atoms with Gasteiger partial charge < -0.3 is 10.4 Å². The zero-order valence-corrected chi connectivity index (χ0v) is 9.28. The molecule has 1 rings (SSSR count). The van der Waals surface area contributed by atoms with E-state index in [-0.39, 0.29) is 6.42 Å². The van der Waals surface area contributed by atoms with Crippen LogP contribution in [-0.2, 0) is 4.79 Å². The first-order valence-corrected chi connectivity index (χ1v) is 5.37. The molecule has 1 heterocycles. The van der Waals surface area contributed by atoms with E-state index >= 15 is 0 Å². The molecule has 0 spiro atoms. The van der Waals surface area contributed by atoms with Crippen LogP contribution in [0.3, 0.4) is 0 Å². The Morgan fingerprint density at radius 1 is 1.56 bits per heavy atom. The standard InChI is InChI=1S/C13H17NO2/c1-2-3-4-6-11-9-14-10-12(11)7-5-8-13(15)16/h2-4,6,10,14H,1,5,7-9H2,(H,15,16)/b4-3-,11-6+. The Morgan fingerprint density at radius 3 is 3.06 bits per heavy atom. The van der Waals surface area contributed by atoms with Gasteiger partial charge >= 0.3 is 5.97 Å². The largest absolute Gasteiger partial charge is 0.481 e. The molecular formula is C13H17NO2. The van der Waals surface area contributed by atoms with Crippen molar-refractivity contribution in [3.63, 3.8) is 0 Å². The Kier molecular flexibility index (Phi) is 5.12. The van der Waals surface area contributed by atoms with Gasteiger partial charge in [-0.05, 0) is 24.0 Å². The fourth-order valence-corrected chi connectivity index (χ4v) is 1.57. The lowest BCUT2D eigenvalue weighted by molar-refractivity contribution is -0.137. The molecule has 3 heteroatoms. The highest BCUT2D eigenvalue weighted by molar-refractivity contribution is 5.66. The van der Waals surface area contributed by atoms with Gasteiger partial charge in [0.2, 0.25) is 0 Å². The zero-order valence-electron chi connectivity index (χ0n) is 9.28. The predicted octanol–water partition coefficient (Wildman–Crippen LogP) is 2.40. The van der Waals surface area contributed by atoms with E-state index in [2.05, 4.69) is 11.9 Å². The topological polar surface area (TPSA) is 49.3 Å². The minimum absolute atomic E-state index is 0.229. The number of hydrogen-bond acceptors (Lipinski definition) is 2. The van der Waals surface area contributed by atoms with Crippen LogP contribution in [0.5, 0.6) is 0 Å². The van der Waals surface area contributed by atoms with E-state index in [1.165, 1.54) is 11.1 Å². The van der Waals surface area contributed by atoms with Gasteiger partial charge in [-0.25, -0.2) is 0 Å². The fraction of sp³-hybridized carbons (Fsp3) is 0.308. The van der Waals surface area contributed by atoms with E-state index in [9.17, 15) is 4.79 Å².